The summed E-state index contributed by atoms with van der Waals surface area (Å²) in [5.41, 5.74) is 1.82. The minimum Gasteiger partial charge on any atom is -0.427 e. The summed E-state index contributed by atoms with van der Waals surface area (Å²) >= 11 is 0. The van der Waals surface area contributed by atoms with Gasteiger partial charge in [0.15, 0.2) is 0 Å². The lowest BCUT2D eigenvalue weighted by atomic mass is 9.95. The van der Waals surface area contributed by atoms with Crippen LogP contribution in [-0.4, -0.2) is 23.6 Å². The average Bonchev–Trinajstić information content (AvgIpc) is 3.04. The van der Waals surface area contributed by atoms with Crippen molar-refractivity contribution >= 4 is 34.9 Å². The van der Waals surface area contributed by atoms with Gasteiger partial charge in [-0.3, -0.25) is 4.79 Å². The summed E-state index contributed by atoms with van der Waals surface area (Å²) in [5.74, 6) is 0.401. The zero-order valence-electron chi connectivity index (χ0n) is 16.0. The maximum Gasteiger partial charge on any atom is 0.349 e. The Bertz CT molecular complexity index is 1060. The highest BCUT2D eigenvalue weighted by molar-refractivity contribution is 6.09. The molecule has 3 heterocycles. The van der Waals surface area contributed by atoms with Gasteiger partial charge in [0.2, 0.25) is 0 Å². The highest BCUT2D eigenvalue weighted by atomic mass is 35.5. The molecular formula is C21H24ClN3O3. The number of nitrogens with one attached hydrogen (secondary N) is 2. The second kappa shape index (κ2) is 8.20. The normalized spacial score (nSPS) is 16.6. The smallest absolute Gasteiger partial charge is 0.349 e. The number of carbonyl (C=O) groups excluding carboxylic acids is 1. The van der Waals surface area contributed by atoms with Gasteiger partial charge in [-0.05, 0) is 56.1 Å². The summed E-state index contributed by atoms with van der Waals surface area (Å²) in [6.07, 6.45) is 3.97. The number of benzene rings is 1. The lowest BCUT2D eigenvalue weighted by Crippen LogP contribution is -2.30. The molecule has 148 valence electrons. The molecule has 1 amide bonds. The molecule has 0 aliphatic carbocycles. The lowest BCUT2D eigenvalue weighted by Gasteiger charge is -2.22. The first-order valence-electron chi connectivity index (χ1n) is 9.25. The Morgan fingerprint density at radius 2 is 2.14 bits per heavy atom. The summed E-state index contributed by atoms with van der Waals surface area (Å²) in [6, 6.07) is 9.47. The van der Waals surface area contributed by atoms with Gasteiger partial charge in [-0.1, -0.05) is 6.07 Å². The fourth-order valence-corrected chi connectivity index (χ4v) is 3.80. The zero-order chi connectivity index (χ0) is 19.0. The predicted molar refractivity (Wildman–Crippen MR) is 113 cm³/mol. The topological polar surface area (TPSA) is 76.3 Å². The Kier molecular flexibility index (Phi) is 5.91. The number of halogens is 1. The number of aryl methyl sites for hydroxylation is 2. The third-order valence-corrected chi connectivity index (χ3v) is 5.27. The van der Waals surface area contributed by atoms with Gasteiger partial charge >= 0.3 is 5.63 Å². The monoisotopic (exact) mass is 401 g/mol. The van der Waals surface area contributed by atoms with Gasteiger partial charge in [0.1, 0.15) is 11.3 Å². The van der Waals surface area contributed by atoms with Crippen LogP contribution in [0.2, 0.25) is 0 Å². The summed E-state index contributed by atoms with van der Waals surface area (Å²) < 4.78 is 7.50. The Balaban J connectivity index is 0.00000225. The van der Waals surface area contributed by atoms with Gasteiger partial charge in [-0.25, -0.2) is 4.79 Å². The number of hydrogen-bond acceptors (Lipinski definition) is 4. The van der Waals surface area contributed by atoms with E-state index in [-0.39, 0.29) is 23.9 Å². The van der Waals surface area contributed by atoms with E-state index in [1.807, 2.05) is 48.1 Å². The molecule has 1 atom stereocenters. The number of fused-ring (bicyclic) bond motifs is 1. The Morgan fingerprint density at radius 1 is 1.32 bits per heavy atom. The first kappa shape index (κ1) is 20.2. The maximum atomic E-state index is 12.8. The van der Waals surface area contributed by atoms with Crippen molar-refractivity contribution in [2.45, 2.75) is 25.7 Å². The molecule has 1 fully saturated rings. The van der Waals surface area contributed by atoms with Gasteiger partial charge in [0.05, 0.1) is 5.69 Å². The van der Waals surface area contributed by atoms with E-state index in [0.29, 0.717) is 17.0 Å². The molecule has 1 aromatic carbocycles. The van der Waals surface area contributed by atoms with Crippen molar-refractivity contribution in [1.82, 2.24) is 9.88 Å². The second-order valence-electron chi connectivity index (χ2n) is 7.16. The molecule has 1 saturated heterocycles. The number of anilines is 1. The molecule has 0 radical (unpaired) electrons. The predicted octanol–water partition coefficient (Wildman–Crippen LogP) is 3.58. The first-order valence-corrected chi connectivity index (χ1v) is 9.25. The molecule has 0 saturated carbocycles. The van der Waals surface area contributed by atoms with Crippen LogP contribution in [0.25, 0.3) is 10.9 Å². The van der Waals surface area contributed by atoms with Crippen LogP contribution in [-0.2, 0) is 7.05 Å². The number of carbonyl (C=O) groups is 1. The number of nitrogens with zero attached hydrogens (tertiary/aromatic N) is 1. The van der Waals surface area contributed by atoms with Crippen molar-refractivity contribution < 1.29 is 9.21 Å². The van der Waals surface area contributed by atoms with Crippen LogP contribution in [0.4, 0.5) is 5.69 Å². The third-order valence-electron chi connectivity index (χ3n) is 5.27. The average molecular weight is 402 g/mol. The quantitative estimate of drug-likeness (QED) is 0.703. The minimum absolute atomic E-state index is 0. The van der Waals surface area contributed by atoms with Crippen molar-refractivity contribution in [2.75, 3.05) is 18.4 Å². The number of piperidine rings is 1. The molecular weight excluding hydrogens is 378 g/mol. The largest absolute Gasteiger partial charge is 0.427 e. The zero-order valence-corrected chi connectivity index (χ0v) is 16.8. The SMILES string of the molecule is Cc1cc(C2CCCNC2)oc(=O)c1C(=O)Nc1cccc2c1ccn2C.Cl. The van der Waals surface area contributed by atoms with E-state index in [4.69, 9.17) is 4.42 Å². The Labute approximate surface area is 169 Å². The van der Waals surface area contributed by atoms with E-state index in [2.05, 4.69) is 10.6 Å². The second-order valence-corrected chi connectivity index (χ2v) is 7.16. The molecule has 4 rings (SSSR count). The minimum atomic E-state index is -0.576. The molecule has 2 aromatic heterocycles. The molecule has 1 unspecified atom stereocenters. The molecule has 2 N–H and O–H groups in total. The van der Waals surface area contributed by atoms with Crippen LogP contribution in [0.3, 0.4) is 0 Å². The van der Waals surface area contributed by atoms with Crippen LogP contribution in [0.15, 0.2) is 45.7 Å². The highest BCUT2D eigenvalue weighted by Gasteiger charge is 2.23. The summed E-state index contributed by atoms with van der Waals surface area (Å²) in [4.78, 5) is 25.4. The van der Waals surface area contributed by atoms with Gasteiger partial charge in [0.25, 0.3) is 5.91 Å². The number of amides is 1. The van der Waals surface area contributed by atoms with Gasteiger partial charge < -0.3 is 19.6 Å². The summed E-state index contributed by atoms with van der Waals surface area (Å²) in [7, 11) is 1.95. The van der Waals surface area contributed by atoms with Gasteiger partial charge in [-0.2, -0.15) is 0 Å². The van der Waals surface area contributed by atoms with Crippen molar-refractivity contribution in [1.29, 1.82) is 0 Å². The Morgan fingerprint density at radius 3 is 2.86 bits per heavy atom. The molecule has 1 aliphatic rings. The molecule has 28 heavy (non-hydrogen) atoms. The number of rotatable bonds is 3. The van der Waals surface area contributed by atoms with Gasteiger partial charge in [0, 0.05) is 36.6 Å². The molecule has 0 spiro atoms. The van der Waals surface area contributed by atoms with E-state index in [1.165, 1.54) is 0 Å². The van der Waals surface area contributed by atoms with Crippen molar-refractivity contribution in [3.8, 4) is 0 Å². The highest BCUT2D eigenvalue weighted by Crippen LogP contribution is 2.26. The van der Waals surface area contributed by atoms with Crippen LogP contribution in [0, 0.1) is 6.92 Å². The van der Waals surface area contributed by atoms with E-state index < -0.39 is 11.5 Å². The standard InChI is InChI=1S/C21H23N3O3.ClH/c1-13-11-18(14-5-4-9-22-12-14)27-21(26)19(13)20(25)23-16-6-3-7-17-15(16)8-10-24(17)2;/h3,6-8,10-11,14,22H,4-5,9,12H2,1-2H3,(H,23,25);1H. The number of hydrogen-bond donors (Lipinski definition) is 2. The molecule has 0 bridgehead atoms. The molecule has 7 heteroatoms. The van der Waals surface area contributed by atoms with E-state index in [1.54, 1.807) is 6.92 Å². The molecule has 6 nitrogen and oxygen atoms in total. The van der Waals surface area contributed by atoms with Crippen LogP contribution < -0.4 is 16.3 Å². The van der Waals surface area contributed by atoms with Crippen LogP contribution in [0.5, 0.6) is 0 Å². The van der Waals surface area contributed by atoms with Gasteiger partial charge in [-0.15, -0.1) is 12.4 Å². The van der Waals surface area contributed by atoms with E-state index in [9.17, 15) is 9.59 Å². The number of aromatic nitrogens is 1. The fraction of sp³-hybridized carbons (Fsp3) is 0.333. The van der Waals surface area contributed by atoms with Crippen LogP contribution >= 0.6 is 12.4 Å². The summed E-state index contributed by atoms with van der Waals surface area (Å²) in [6.45, 7) is 3.57. The van der Waals surface area contributed by atoms with E-state index >= 15 is 0 Å². The summed E-state index contributed by atoms with van der Waals surface area (Å²) in [5, 5.41) is 7.12. The van der Waals surface area contributed by atoms with Crippen LogP contribution in [0.1, 0.15) is 40.4 Å². The van der Waals surface area contributed by atoms with Crippen molar-refractivity contribution in [3.05, 3.63) is 63.8 Å². The third kappa shape index (κ3) is 3.70. The fourth-order valence-electron chi connectivity index (χ4n) is 3.80. The Hall–Kier alpha value is -2.57. The van der Waals surface area contributed by atoms with E-state index in [0.717, 1.165) is 36.8 Å². The lowest BCUT2D eigenvalue weighted by molar-refractivity contribution is 0.102. The maximum absolute atomic E-state index is 12.8. The van der Waals surface area contributed by atoms with Crippen molar-refractivity contribution in [2.24, 2.45) is 7.05 Å². The molecule has 3 aromatic rings. The first-order chi connectivity index (χ1) is 13.0. The van der Waals surface area contributed by atoms with Crippen molar-refractivity contribution in [3.63, 3.8) is 0 Å². The molecule has 1 aliphatic heterocycles.